The van der Waals surface area contributed by atoms with Gasteiger partial charge in [-0.2, -0.15) is 0 Å². The molecule has 0 aliphatic rings. The minimum atomic E-state index is 0.0316. The molecule has 74 valence electrons. The molecule has 0 fully saturated rings. The van der Waals surface area contributed by atoms with Gasteiger partial charge in [0.25, 0.3) is 0 Å². The highest BCUT2D eigenvalue weighted by molar-refractivity contribution is 5.02. The molecular weight excluding hydrogens is 166 g/mol. The highest BCUT2D eigenvalue weighted by atomic mass is 16.5. The highest BCUT2D eigenvalue weighted by Gasteiger charge is 2.05. The fraction of sp³-hybridized carbons (Fsp3) is 0.667. The first-order chi connectivity index (χ1) is 6.25. The van der Waals surface area contributed by atoms with E-state index in [4.69, 9.17) is 10.5 Å². The van der Waals surface area contributed by atoms with E-state index >= 15 is 0 Å². The van der Waals surface area contributed by atoms with Crippen molar-refractivity contribution in [3.8, 4) is 0 Å². The van der Waals surface area contributed by atoms with Crippen LogP contribution in [0, 0.1) is 0 Å². The lowest BCUT2D eigenvalue weighted by Gasteiger charge is -2.10. The van der Waals surface area contributed by atoms with Gasteiger partial charge in [-0.05, 0) is 13.8 Å². The van der Waals surface area contributed by atoms with Gasteiger partial charge in [-0.3, -0.25) is 0 Å². The summed E-state index contributed by atoms with van der Waals surface area (Å²) in [5.74, 6) is 0. The molecule has 2 N–H and O–H groups in total. The fourth-order valence-corrected chi connectivity index (χ4v) is 1.20. The van der Waals surface area contributed by atoms with E-state index in [9.17, 15) is 0 Å². The van der Waals surface area contributed by atoms with Crippen LogP contribution < -0.4 is 5.73 Å². The second-order valence-corrected chi connectivity index (χ2v) is 3.00. The van der Waals surface area contributed by atoms with Gasteiger partial charge in [0.2, 0.25) is 0 Å². The summed E-state index contributed by atoms with van der Waals surface area (Å²) < 4.78 is 7.28. The van der Waals surface area contributed by atoms with Gasteiger partial charge in [-0.25, -0.2) is 4.98 Å². The molecule has 0 aliphatic heterocycles. The Morgan fingerprint density at radius 2 is 2.46 bits per heavy atom. The number of aromatic nitrogens is 2. The Morgan fingerprint density at radius 3 is 3.08 bits per heavy atom. The van der Waals surface area contributed by atoms with E-state index in [-0.39, 0.29) is 6.04 Å². The van der Waals surface area contributed by atoms with Crippen LogP contribution in [0.1, 0.15) is 25.6 Å². The first kappa shape index (κ1) is 10.2. The smallest absolute Gasteiger partial charge is 0.0949 e. The van der Waals surface area contributed by atoms with Gasteiger partial charge in [0, 0.05) is 25.4 Å². The molecule has 1 atom stereocenters. The van der Waals surface area contributed by atoms with Crippen LogP contribution in [0.25, 0.3) is 0 Å². The molecule has 1 aromatic heterocycles. The molecule has 0 aliphatic carbocycles. The molecule has 4 heteroatoms. The van der Waals surface area contributed by atoms with Crippen molar-refractivity contribution in [2.24, 2.45) is 5.73 Å². The summed E-state index contributed by atoms with van der Waals surface area (Å²) >= 11 is 0. The molecule has 0 bridgehead atoms. The highest BCUT2D eigenvalue weighted by Crippen LogP contribution is 2.07. The maximum atomic E-state index is 5.76. The quantitative estimate of drug-likeness (QED) is 0.691. The van der Waals surface area contributed by atoms with Crippen LogP contribution in [0.2, 0.25) is 0 Å². The molecule has 1 aromatic rings. The maximum absolute atomic E-state index is 5.76. The molecule has 0 spiro atoms. The fourth-order valence-electron chi connectivity index (χ4n) is 1.20. The van der Waals surface area contributed by atoms with Gasteiger partial charge in [-0.15, -0.1) is 0 Å². The van der Waals surface area contributed by atoms with E-state index in [1.54, 1.807) is 12.5 Å². The Bertz CT molecular complexity index is 245. The van der Waals surface area contributed by atoms with Gasteiger partial charge < -0.3 is 15.0 Å². The predicted octanol–water partition coefficient (Wildman–Crippen LogP) is 0.939. The molecule has 1 unspecified atom stereocenters. The van der Waals surface area contributed by atoms with Crippen molar-refractivity contribution in [3.63, 3.8) is 0 Å². The van der Waals surface area contributed by atoms with E-state index < -0.39 is 0 Å². The third-order valence-electron chi connectivity index (χ3n) is 1.89. The maximum Gasteiger partial charge on any atom is 0.0949 e. The Morgan fingerprint density at radius 1 is 1.69 bits per heavy atom. The third-order valence-corrected chi connectivity index (χ3v) is 1.89. The van der Waals surface area contributed by atoms with E-state index in [1.165, 1.54) is 0 Å². The standard InChI is InChI=1S/C9H17N3O/c1-3-13-5-4-12-7-11-6-9(12)8(2)10/h6-8H,3-5,10H2,1-2H3. The van der Waals surface area contributed by atoms with Gasteiger partial charge in [0.1, 0.15) is 0 Å². The zero-order valence-corrected chi connectivity index (χ0v) is 8.23. The van der Waals surface area contributed by atoms with Crippen LogP contribution in [-0.4, -0.2) is 22.8 Å². The molecular formula is C9H17N3O. The summed E-state index contributed by atoms with van der Waals surface area (Å²) in [7, 11) is 0. The molecule has 0 amide bonds. The summed E-state index contributed by atoms with van der Waals surface area (Å²) in [6, 6.07) is 0.0316. The minimum absolute atomic E-state index is 0.0316. The van der Waals surface area contributed by atoms with Crippen LogP contribution in [-0.2, 0) is 11.3 Å². The normalized spacial score (nSPS) is 13.2. The molecule has 1 rings (SSSR count). The molecule has 0 saturated carbocycles. The second kappa shape index (κ2) is 4.99. The third kappa shape index (κ3) is 2.82. The average molecular weight is 183 g/mol. The summed E-state index contributed by atoms with van der Waals surface area (Å²) in [4.78, 5) is 4.05. The van der Waals surface area contributed by atoms with Crippen molar-refractivity contribution in [1.29, 1.82) is 0 Å². The Kier molecular flexibility index (Phi) is 3.92. The number of hydrogen-bond acceptors (Lipinski definition) is 3. The molecule has 4 nitrogen and oxygen atoms in total. The summed E-state index contributed by atoms with van der Waals surface area (Å²) in [5.41, 5.74) is 6.82. The monoisotopic (exact) mass is 183 g/mol. The molecule has 0 saturated heterocycles. The minimum Gasteiger partial charge on any atom is -0.380 e. The lowest BCUT2D eigenvalue weighted by atomic mass is 10.3. The zero-order chi connectivity index (χ0) is 9.68. The van der Waals surface area contributed by atoms with Crippen molar-refractivity contribution >= 4 is 0 Å². The summed E-state index contributed by atoms with van der Waals surface area (Å²) in [5, 5.41) is 0. The van der Waals surface area contributed by atoms with Crippen LogP contribution in [0.5, 0.6) is 0 Å². The zero-order valence-electron chi connectivity index (χ0n) is 8.23. The first-order valence-corrected chi connectivity index (χ1v) is 4.59. The average Bonchev–Trinajstić information content (AvgIpc) is 2.53. The molecule has 0 aromatic carbocycles. The Hall–Kier alpha value is -0.870. The van der Waals surface area contributed by atoms with Gasteiger partial charge >= 0.3 is 0 Å². The van der Waals surface area contributed by atoms with Gasteiger partial charge in [0.15, 0.2) is 0 Å². The summed E-state index contributed by atoms with van der Waals surface area (Å²) in [6.07, 6.45) is 3.59. The molecule has 13 heavy (non-hydrogen) atoms. The molecule has 1 heterocycles. The van der Waals surface area contributed by atoms with Crippen molar-refractivity contribution < 1.29 is 4.74 Å². The number of nitrogens with two attached hydrogens (primary N) is 1. The lowest BCUT2D eigenvalue weighted by molar-refractivity contribution is 0.138. The van der Waals surface area contributed by atoms with Crippen LogP contribution in [0.15, 0.2) is 12.5 Å². The largest absolute Gasteiger partial charge is 0.380 e. The number of rotatable bonds is 5. The molecule has 0 radical (unpaired) electrons. The van der Waals surface area contributed by atoms with Crippen LogP contribution >= 0.6 is 0 Å². The van der Waals surface area contributed by atoms with Gasteiger partial charge in [-0.1, -0.05) is 0 Å². The van der Waals surface area contributed by atoms with E-state index in [0.29, 0.717) is 6.61 Å². The number of imidazole rings is 1. The van der Waals surface area contributed by atoms with E-state index in [1.807, 2.05) is 18.4 Å². The topological polar surface area (TPSA) is 53.1 Å². The van der Waals surface area contributed by atoms with Crippen molar-refractivity contribution in [2.75, 3.05) is 13.2 Å². The first-order valence-electron chi connectivity index (χ1n) is 4.59. The second-order valence-electron chi connectivity index (χ2n) is 3.00. The Balaban J connectivity index is 2.50. The SMILES string of the molecule is CCOCCn1cncc1C(C)N. The van der Waals surface area contributed by atoms with Gasteiger partial charge in [0.05, 0.1) is 18.6 Å². The number of ether oxygens (including phenoxy) is 1. The van der Waals surface area contributed by atoms with Crippen molar-refractivity contribution in [3.05, 3.63) is 18.2 Å². The predicted molar refractivity (Wildman–Crippen MR) is 51.3 cm³/mol. The van der Waals surface area contributed by atoms with E-state index in [2.05, 4.69) is 4.98 Å². The number of nitrogens with zero attached hydrogens (tertiary/aromatic N) is 2. The van der Waals surface area contributed by atoms with Crippen molar-refractivity contribution in [2.45, 2.75) is 26.4 Å². The lowest BCUT2D eigenvalue weighted by Crippen LogP contribution is -2.14. The van der Waals surface area contributed by atoms with E-state index in [0.717, 1.165) is 18.8 Å². The number of hydrogen-bond donors (Lipinski definition) is 1. The summed E-state index contributed by atoms with van der Waals surface area (Å²) in [6.45, 7) is 6.23. The Labute approximate surface area is 78.7 Å². The van der Waals surface area contributed by atoms with Crippen LogP contribution in [0.3, 0.4) is 0 Å². The van der Waals surface area contributed by atoms with Crippen molar-refractivity contribution in [1.82, 2.24) is 9.55 Å². The van der Waals surface area contributed by atoms with Crippen LogP contribution in [0.4, 0.5) is 0 Å².